The predicted octanol–water partition coefficient (Wildman–Crippen LogP) is 6.77. The maximum absolute atomic E-state index is 9.10. The summed E-state index contributed by atoms with van der Waals surface area (Å²) in [6, 6.07) is 7.59. The summed E-state index contributed by atoms with van der Waals surface area (Å²) in [6.45, 7) is 22.3. The van der Waals surface area contributed by atoms with Gasteiger partial charge >= 0.3 is 14.1 Å². The van der Waals surface area contributed by atoms with E-state index in [2.05, 4.69) is 36.3 Å². The molecule has 0 unspecified atom stereocenters. The summed E-state index contributed by atoms with van der Waals surface area (Å²) in [5.74, 6) is 0. The van der Waals surface area contributed by atoms with Crippen LogP contribution in [0.3, 0.4) is 0 Å². The highest BCUT2D eigenvalue weighted by Gasteiger charge is 2.52. The van der Waals surface area contributed by atoms with Crippen LogP contribution in [-0.2, 0) is 18.6 Å². The van der Waals surface area contributed by atoms with Crippen molar-refractivity contribution in [3.05, 3.63) is 51.2 Å². The Morgan fingerprint density at radius 1 is 0.688 bits per heavy atom. The molecule has 2 aromatic heterocycles. The number of hydrogen-bond acceptors (Lipinski definition) is 8. The van der Waals surface area contributed by atoms with Crippen LogP contribution in [0.2, 0.25) is 10.0 Å². The highest BCUT2D eigenvalue weighted by Crippen LogP contribution is 2.37. The summed E-state index contributed by atoms with van der Waals surface area (Å²) in [5.41, 5.74) is -0.584. The van der Waals surface area contributed by atoms with Gasteiger partial charge in [0.25, 0.3) is 0 Å². The Morgan fingerprint density at radius 2 is 1.06 bits per heavy atom. The molecule has 2 aliphatic rings. The minimum atomic E-state index is -1.01. The van der Waals surface area contributed by atoms with Gasteiger partial charge in [-0.05, 0) is 123 Å². The van der Waals surface area contributed by atoms with E-state index in [9.17, 15) is 0 Å². The van der Waals surface area contributed by atoms with Crippen molar-refractivity contribution in [1.29, 1.82) is 0 Å². The van der Waals surface area contributed by atoms with E-state index in [0.717, 1.165) is 31.7 Å². The smallest absolute Gasteiger partial charge is 0.411 e. The fourth-order valence-electron chi connectivity index (χ4n) is 3.96. The first-order valence-corrected chi connectivity index (χ1v) is 17.0. The summed E-state index contributed by atoms with van der Waals surface area (Å²) in [4.78, 5) is 0. The molecule has 4 N–H and O–H groups in total. The van der Waals surface area contributed by atoms with E-state index < -0.39 is 25.3 Å². The van der Waals surface area contributed by atoms with Crippen LogP contribution < -0.4 is 5.46 Å². The van der Waals surface area contributed by atoms with Crippen molar-refractivity contribution >= 4 is 88.3 Å². The first-order valence-electron chi connectivity index (χ1n) is 15.5. The van der Waals surface area contributed by atoms with Crippen molar-refractivity contribution in [2.24, 2.45) is 0 Å². The zero-order chi connectivity index (χ0) is 36.7. The summed E-state index contributed by atoms with van der Waals surface area (Å²) >= 11 is 15.5. The molecule has 0 amide bonds. The Kier molecular flexibility index (Phi) is 12.4. The van der Waals surface area contributed by atoms with E-state index in [-0.39, 0.29) is 22.4 Å². The van der Waals surface area contributed by atoms with Gasteiger partial charge in [0.05, 0.1) is 62.1 Å². The van der Waals surface area contributed by atoms with E-state index in [1.165, 1.54) is 0 Å². The second kappa shape index (κ2) is 14.6. The Hall–Kier alpha value is -1.61. The zero-order valence-corrected chi connectivity index (χ0v) is 32.8. The van der Waals surface area contributed by atoms with Gasteiger partial charge < -0.3 is 28.8 Å². The molecule has 2 aromatic carbocycles. The molecule has 4 heterocycles. The lowest BCUT2D eigenvalue weighted by atomic mass is 9.63. The van der Waals surface area contributed by atoms with Crippen LogP contribution in [0.4, 0.5) is 0 Å². The zero-order valence-electron chi connectivity index (χ0n) is 29.8. The van der Waals surface area contributed by atoms with E-state index >= 15 is 0 Å². The summed E-state index contributed by atoms with van der Waals surface area (Å²) in [7, 11) is 4.42. The standard InChI is InChI=1S/C13H16BClN2O2.C7H4BrClN2.C6H12B2O2.C6H14O2/c1-12(2)13(3,4)19-14(18-12)9-6-11-8(5-10(9)15)7-16-17-11;8-5-2-7-4(1-6(5)9)3-10-11-7;1-5(2)6(3,4)10-8(7)9-5;1-5(2,7)6(3,4)8/h5-7H,1-4H3,(H,16,17);1-3H,(H,10,11);1-4H3;7-8H,1-4H3. The van der Waals surface area contributed by atoms with Gasteiger partial charge in [0.15, 0.2) is 0 Å². The molecule has 2 radical (unpaired) electrons. The molecular weight excluding hydrogens is 720 g/mol. The quantitative estimate of drug-likeness (QED) is 0.165. The monoisotopic (exact) mass is 764 g/mol. The molecule has 2 fully saturated rings. The summed E-state index contributed by atoms with van der Waals surface area (Å²) in [5, 5.41) is 35.2. The predicted molar refractivity (Wildman–Crippen MR) is 200 cm³/mol. The van der Waals surface area contributed by atoms with Gasteiger partial charge in [-0.1, -0.05) is 23.2 Å². The average Bonchev–Trinajstić information content (AvgIpc) is 3.63. The van der Waals surface area contributed by atoms with Crippen molar-refractivity contribution in [2.45, 2.75) is 117 Å². The Labute approximate surface area is 304 Å². The molecule has 0 spiro atoms. The van der Waals surface area contributed by atoms with Gasteiger partial charge in [-0.15, -0.1) is 0 Å². The SMILES string of the molecule is CC(C)(O)C(C)(C)O.CC1(C)OB(c2cc3[nH]ncc3cc2Cl)OC1(C)C.Clc1cc2cn[nH]c2cc1Br.[B]B1OC(C)(C)C(C)(C)O1. The van der Waals surface area contributed by atoms with Crippen molar-refractivity contribution < 1.29 is 28.8 Å². The van der Waals surface area contributed by atoms with Gasteiger partial charge in [-0.3, -0.25) is 10.2 Å². The molecule has 6 rings (SSSR count). The summed E-state index contributed by atoms with van der Waals surface area (Å²) in [6.07, 6.45) is 3.49. The van der Waals surface area contributed by atoms with E-state index in [1.807, 2.05) is 79.7 Å². The highest BCUT2D eigenvalue weighted by atomic mass is 79.9. The van der Waals surface area contributed by atoms with Crippen molar-refractivity contribution in [3.63, 3.8) is 0 Å². The van der Waals surface area contributed by atoms with Crippen LogP contribution in [0, 0.1) is 0 Å². The number of aromatic nitrogens is 4. The number of rotatable bonds is 2. The van der Waals surface area contributed by atoms with E-state index in [4.69, 9.17) is 59.8 Å². The molecule has 0 bridgehead atoms. The fraction of sp³-hybridized carbons (Fsp3) is 0.562. The molecule has 0 atom stereocenters. The Bertz CT molecular complexity index is 1620. The van der Waals surface area contributed by atoms with Crippen LogP contribution in [0.15, 0.2) is 41.1 Å². The number of aliphatic hydroxyl groups is 2. The number of halogens is 3. The number of nitrogens with zero attached hydrogens (tertiary/aromatic N) is 2. The third-order valence-corrected chi connectivity index (χ3v) is 10.8. The molecule has 0 aliphatic carbocycles. The molecule has 16 heteroatoms. The third kappa shape index (κ3) is 9.58. The van der Waals surface area contributed by atoms with Crippen LogP contribution >= 0.6 is 39.1 Å². The normalized spacial score (nSPS) is 19.3. The first kappa shape index (κ1) is 40.8. The van der Waals surface area contributed by atoms with E-state index in [0.29, 0.717) is 10.0 Å². The van der Waals surface area contributed by atoms with Crippen LogP contribution in [-0.4, -0.2) is 86.1 Å². The molecule has 2 aliphatic heterocycles. The van der Waals surface area contributed by atoms with Crippen molar-refractivity contribution in [2.75, 3.05) is 0 Å². The molecule has 2 saturated heterocycles. The number of aromatic amines is 2. The number of H-pyrrole nitrogens is 2. The lowest BCUT2D eigenvalue weighted by Crippen LogP contribution is -2.44. The van der Waals surface area contributed by atoms with Gasteiger partial charge in [-0.25, -0.2) is 0 Å². The van der Waals surface area contributed by atoms with Gasteiger partial charge in [0, 0.05) is 25.7 Å². The Balaban J connectivity index is 0.000000186. The molecule has 48 heavy (non-hydrogen) atoms. The molecule has 10 nitrogen and oxygen atoms in total. The number of hydrogen-bond donors (Lipinski definition) is 4. The fourth-order valence-corrected chi connectivity index (χ4v) is 4.73. The van der Waals surface area contributed by atoms with E-state index in [1.54, 1.807) is 40.1 Å². The second-order valence-electron chi connectivity index (χ2n) is 14.9. The maximum atomic E-state index is 9.10. The molecular formula is C32H46B3BrCl2N4O6. The lowest BCUT2D eigenvalue weighted by molar-refractivity contribution is -0.107. The summed E-state index contributed by atoms with van der Waals surface area (Å²) < 4.78 is 23.6. The van der Waals surface area contributed by atoms with Gasteiger partial charge in [0.2, 0.25) is 0 Å². The molecule has 260 valence electrons. The number of fused-ring (bicyclic) bond motifs is 2. The minimum absolute atomic E-state index is 0.285. The topological polar surface area (TPSA) is 135 Å². The minimum Gasteiger partial charge on any atom is -0.411 e. The van der Waals surface area contributed by atoms with Gasteiger partial charge in [0.1, 0.15) is 7.74 Å². The Morgan fingerprint density at radius 3 is 1.44 bits per heavy atom. The largest absolute Gasteiger partial charge is 0.496 e. The van der Waals surface area contributed by atoms with Crippen LogP contribution in [0.25, 0.3) is 21.8 Å². The first-order chi connectivity index (χ1) is 21.7. The second-order valence-corrected chi connectivity index (χ2v) is 16.6. The van der Waals surface area contributed by atoms with Crippen molar-refractivity contribution in [1.82, 2.24) is 20.4 Å². The van der Waals surface area contributed by atoms with Crippen LogP contribution in [0.5, 0.6) is 0 Å². The average molecular weight is 766 g/mol. The van der Waals surface area contributed by atoms with Crippen LogP contribution in [0.1, 0.15) is 83.1 Å². The van der Waals surface area contributed by atoms with Crippen molar-refractivity contribution in [3.8, 4) is 0 Å². The van der Waals surface area contributed by atoms with Gasteiger partial charge in [-0.2, -0.15) is 10.2 Å². The third-order valence-electron chi connectivity index (χ3n) is 9.31. The highest BCUT2D eigenvalue weighted by molar-refractivity contribution is 9.10. The maximum Gasteiger partial charge on any atom is 0.496 e. The number of benzene rings is 2. The lowest BCUT2D eigenvalue weighted by Gasteiger charge is -2.32. The molecule has 0 saturated carbocycles. The number of nitrogens with one attached hydrogen (secondary N) is 2. The molecule has 4 aromatic rings.